The fourth-order valence-corrected chi connectivity index (χ4v) is 23.6. The third-order valence-electron chi connectivity index (χ3n) is 23.6. The molecule has 0 spiro atoms. The summed E-state index contributed by atoms with van der Waals surface area (Å²) in [5, 5.41) is 30.5. The molecule has 28 aromatic rings. The second-order valence-corrected chi connectivity index (χ2v) is 34.3. The molecule has 0 fully saturated rings. The Bertz CT molecular complexity index is 9030. The highest BCUT2D eigenvalue weighted by Crippen LogP contribution is 2.52. The molecule has 0 aliphatic heterocycles. The predicted octanol–water partition coefficient (Wildman–Crippen LogP) is 28.4. The molecule has 0 bridgehead atoms. The molecule has 0 unspecified atom stereocenters. The zero-order valence-corrected chi connectivity index (χ0v) is 66.9. The quantitative estimate of drug-likeness (QED) is 0.171. The highest BCUT2D eigenvalue weighted by Gasteiger charge is 2.27. The molecule has 16 aromatic carbocycles. The number of nitrogens with zero attached hydrogens (tertiary/aromatic N) is 12. The molecule has 12 heterocycles. The molecule has 0 aliphatic rings. The van der Waals surface area contributed by atoms with Gasteiger partial charge in [0.1, 0.15) is 0 Å². The van der Waals surface area contributed by atoms with Gasteiger partial charge in [-0.15, -0.1) is 45.3 Å². The molecule has 12 aromatic heterocycles. The average Bonchev–Trinajstić information content (AvgIpc) is 1.54. The average molecular weight is 1610 g/mol. The van der Waals surface area contributed by atoms with Gasteiger partial charge in [0.05, 0.1) is 53.5 Å². The molecule has 120 heavy (non-hydrogen) atoms. The van der Waals surface area contributed by atoms with Gasteiger partial charge in [0.2, 0.25) is 23.8 Å². The number of fused-ring (bicyclic) bond motifs is 36. The van der Waals surface area contributed by atoms with Crippen LogP contribution in [-0.2, 0) is 0 Å². The van der Waals surface area contributed by atoms with Crippen LogP contribution in [0.25, 0.3) is 235 Å². The minimum Gasteiger partial charge on any atom is -0.278 e. The fourth-order valence-electron chi connectivity index (χ4n) is 18.7. The lowest BCUT2D eigenvalue weighted by Gasteiger charge is -2.09. The molecule has 28 rings (SSSR count). The van der Waals surface area contributed by atoms with Crippen LogP contribution < -0.4 is 0 Å². The third-order valence-corrected chi connectivity index (χ3v) is 28.3. The van der Waals surface area contributed by atoms with Gasteiger partial charge in [-0.1, -0.05) is 224 Å². The van der Waals surface area contributed by atoms with Crippen molar-refractivity contribution < 1.29 is 0 Å². The Balaban J connectivity index is 0.0000000886. The van der Waals surface area contributed by atoms with Crippen LogP contribution in [-0.4, -0.2) is 58.1 Å². The predicted molar refractivity (Wildman–Crippen MR) is 507 cm³/mol. The fraction of sp³-hybridized carbons (Fsp3) is 0. The van der Waals surface area contributed by atoms with Gasteiger partial charge in [0.15, 0.2) is 0 Å². The molecule has 0 radical (unpaired) electrons. The van der Waals surface area contributed by atoms with Crippen LogP contribution in [0.2, 0.25) is 0 Å². The van der Waals surface area contributed by atoms with Gasteiger partial charge in [-0.25, -0.2) is 39.9 Å². The highest BCUT2D eigenvalue weighted by atomic mass is 32.1. The summed E-state index contributed by atoms with van der Waals surface area (Å²) < 4.78 is 19.3. The van der Waals surface area contributed by atoms with E-state index >= 15 is 0 Å². The summed E-state index contributed by atoms with van der Waals surface area (Å²) in [7, 11) is 0. The molecule has 0 N–H and O–H groups in total. The SMILES string of the molecule is c1cnc(-n2c3cc4ccccc4cc3c3cc4sc5ccccc5c4cc32)nc1.c1cnc(-n2c3ccc4ccccc4c3c3ccc4c5ccccc5sc4c32)nc1.c1cnc(-n2c3ccccc3c3c4ccccc4c4c5ccccc5sc4c32)nc1.c1cnc(-n2c3ccccc3c3c4sc5ccccc5c4c4ccccc4c32)nc1. The number of thiophene rings is 4. The number of rotatable bonds is 4. The second kappa shape index (κ2) is 27.3. The van der Waals surface area contributed by atoms with Crippen molar-refractivity contribution in [3.63, 3.8) is 0 Å². The summed E-state index contributed by atoms with van der Waals surface area (Å²) in [6.45, 7) is 0. The van der Waals surface area contributed by atoms with Gasteiger partial charge >= 0.3 is 0 Å². The van der Waals surface area contributed by atoms with E-state index in [2.05, 4.69) is 349 Å². The monoisotopic (exact) mass is 1600 g/mol. The van der Waals surface area contributed by atoms with Gasteiger partial charge in [-0.2, -0.15) is 0 Å². The van der Waals surface area contributed by atoms with Crippen LogP contribution >= 0.6 is 45.3 Å². The summed E-state index contributed by atoms with van der Waals surface area (Å²) in [6, 6.07) is 112. The van der Waals surface area contributed by atoms with Crippen molar-refractivity contribution in [1.29, 1.82) is 0 Å². The van der Waals surface area contributed by atoms with Gasteiger partial charge in [0, 0.05) is 169 Å². The van der Waals surface area contributed by atoms with Crippen LogP contribution in [0.4, 0.5) is 0 Å². The van der Waals surface area contributed by atoms with E-state index in [9.17, 15) is 0 Å². The molecular formula is C104H60N12S4. The maximum absolute atomic E-state index is 4.62. The summed E-state index contributed by atoms with van der Waals surface area (Å²) >= 11 is 7.43. The Hall–Kier alpha value is -15.0. The number of aromatic nitrogens is 12. The minimum atomic E-state index is 0.701. The van der Waals surface area contributed by atoms with Crippen LogP contribution in [0, 0.1) is 0 Å². The van der Waals surface area contributed by atoms with Crippen LogP contribution in [0.3, 0.4) is 0 Å². The van der Waals surface area contributed by atoms with E-state index in [0.29, 0.717) is 23.8 Å². The Morgan fingerprint density at radius 1 is 0.167 bits per heavy atom. The Labute approximate surface area is 697 Å². The van der Waals surface area contributed by atoms with E-state index < -0.39 is 0 Å². The number of benzene rings is 16. The highest BCUT2D eigenvalue weighted by molar-refractivity contribution is 7.28. The van der Waals surface area contributed by atoms with Crippen molar-refractivity contribution in [2.24, 2.45) is 0 Å². The van der Waals surface area contributed by atoms with E-state index in [1.807, 2.05) is 107 Å². The van der Waals surface area contributed by atoms with E-state index in [0.717, 1.165) is 27.6 Å². The third kappa shape index (κ3) is 10.4. The summed E-state index contributed by atoms with van der Waals surface area (Å²) in [6.07, 6.45) is 14.5. The largest absolute Gasteiger partial charge is 0.278 e. The first-order valence-electron chi connectivity index (χ1n) is 39.7. The van der Waals surface area contributed by atoms with Gasteiger partial charge in [0.25, 0.3) is 0 Å². The van der Waals surface area contributed by atoms with Crippen LogP contribution in [0.1, 0.15) is 0 Å². The van der Waals surface area contributed by atoms with E-state index in [1.54, 1.807) is 12.4 Å². The zero-order chi connectivity index (χ0) is 78.6. The van der Waals surface area contributed by atoms with Crippen molar-refractivity contribution >= 4 is 256 Å². The second-order valence-electron chi connectivity index (χ2n) is 30.0. The lowest BCUT2D eigenvalue weighted by molar-refractivity contribution is 0.989. The maximum Gasteiger partial charge on any atom is 0.234 e. The minimum absolute atomic E-state index is 0.701. The Kier molecular flexibility index (Phi) is 15.5. The molecule has 0 amide bonds. The van der Waals surface area contributed by atoms with E-state index in [1.165, 1.54) is 183 Å². The first-order chi connectivity index (χ1) is 59.6. The van der Waals surface area contributed by atoms with E-state index in [4.69, 9.17) is 0 Å². The Morgan fingerprint density at radius 3 is 1.16 bits per heavy atom. The molecule has 0 saturated heterocycles. The number of hydrogen-bond acceptors (Lipinski definition) is 12. The molecule has 0 atom stereocenters. The first kappa shape index (κ1) is 68.2. The first-order valence-corrected chi connectivity index (χ1v) is 43.0. The van der Waals surface area contributed by atoms with Crippen LogP contribution in [0.5, 0.6) is 0 Å². The van der Waals surface area contributed by atoms with Gasteiger partial charge < -0.3 is 0 Å². The summed E-state index contributed by atoms with van der Waals surface area (Å²) in [5.74, 6) is 2.82. The maximum atomic E-state index is 4.62. The molecular weight excluding hydrogens is 1550 g/mol. The molecule has 0 aliphatic carbocycles. The standard InChI is InChI=1S/4C26H15N3S/c1-2-9-17-16(8-1)22-19-11-4-6-13-21(19)30-25(22)23-18-10-3-5-12-20(18)29(24(17)23)26-27-14-7-15-28-26;1-2-9-17-16(8-1)22-18-10-3-5-12-20(18)29(26-27-14-7-15-28-26)24(22)25-23(17)19-11-4-6-13-21(19)30-25;1-2-7-17-16(6-1)10-13-21-23(17)20-12-11-19-18-8-3-4-9-22(18)30-25(19)24(20)29(21)26-27-14-5-15-28-26;1-2-7-17-13-22-19(12-16(17)6-1)20-15-25-21(18-8-3-4-9-24(18)30-25)14-23(20)29(22)26-27-10-5-11-28-26/h4*1-15H. The summed E-state index contributed by atoms with van der Waals surface area (Å²) in [4.78, 5) is 36.9. The van der Waals surface area contributed by atoms with Crippen molar-refractivity contribution in [2.45, 2.75) is 0 Å². The smallest absolute Gasteiger partial charge is 0.234 e. The molecule has 0 saturated carbocycles. The van der Waals surface area contributed by atoms with Crippen LogP contribution in [0.15, 0.2) is 365 Å². The normalized spacial score (nSPS) is 12.0. The number of hydrogen-bond donors (Lipinski definition) is 0. The molecule has 16 heteroatoms. The van der Waals surface area contributed by atoms with Crippen molar-refractivity contribution in [2.75, 3.05) is 0 Å². The summed E-state index contributed by atoms with van der Waals surface area (Å²) in [5.41, 5.74) is 9.24. The lowest BCUT2D eigenvalue weighted by atomic mass is 9.99. The van der Waals surface area contributed by atoms with Crippen molar-refractivity contribution in [1.82, 2.24) is 58.1 Å². The number of para-hydroxylation sites is 2. The Morgan fingerprint density at radius 2 is 0.558 bits per heavy atom. The van der Waals surface area contributed by atoms with Crippen molar-refractivity contribution in [3.05, 3.63) is 365 Å². The zero-order valence-electron chi connectivity index (χ0n) is 63.6. The topological polar surface area (TPSA) is 123 Å². The van der Waals surface area contributed by atoms with Crippen molar-refractivity contribution in [3.8, 4) is 23.8 Å². The van der Waals surface area contributed by atoms with Gasteiger partial charge in [-0.05, 0) is 129 Å². The lowest BCUT2D eigenvalue weighted by Crippen LogP contribution is -2.00. The molecule has 12 nitrogen and oxygen atoms in total. The molecule has 560 valence electrons. The van der Waals surface area contributed by atoms with E-state index in [-0.39, 0.29) is 0 Å². The van der Waals surface area contributed by atoms with Gasteiger partial charge in [-0.3, -0.25) is 18.3 Å².